The average molecular weight is 393 g/mol. The summed E-state index contributed by atoms with van der Waals surface area (Å²) in [6.07, 6.45) is 3.39. The minimum absolute atomic E-state index is 0.141. The van der Waals surface area contributed by atoms with Gasteiger partial charge in [0.2, 0.25) is 0 Å². The topological polar surface area (TPSA) is 52.9 Å². The van der Waals surface area contributed by atoms with Crippen molar-refractivity contribution in [2.45, 2.75) is 6.92 Å². The molecule has 0 unspecified atom stereocenters. The normalized spacial score (nSPS) is 11.0. The number of halogens is 2. The molecule has 118 valence electrons. The zero-order chi connectivity index (χ0) is 16.7. The summed E-state index contributed by atoms with van der Waals surface area (Å²) < 4.78 is 3.87. The average Bonchev–Trinajstić information content (AvgIpc) is 2.83. The molecule has 1 aromatic heterocycles. The highest BCUT2D eigenvalue weighted by molar-refractivity contribution is 9.10. The first kappa shape index (κ1) is 15.9. The lowest BCUT2D eigenvalue weighted by molar-refractivity contribution is 0.824. The summed E-state index contributed by atoms with van der Waals surface area (Å²) in [7, 11) is 1.70. The first-order valence-corrected chi connectivity index (χ1v) is 8.15. The van der Waals surface area contributed by atoms with Gasteiger partial charge in [0.25, 0.3) is 0 Å². The second kappa shape index (κ2) is 5.91. The first-order chi connectivity index (χ1) is 10.9. The number of hydrogen-bond acceptors (Lipinski definition) is 2. The van der Waals surface area contributed by atoms with Gasteiger partial charge in [0, 0.05) is 29.5 Å². The van der Waals surface area contributed by atoms with E-state index < -0.39 is 0 Å². The Bertz CT molecular complexity index is 959. The van der Waals surface area contributed by atoms with Gasteiger partial charge in [-0.25, -0.2) is 4.79 Å². The van der Waals surface area contributed by atoms with Crippen LogP contribution in [0.1, 0.15) is 5.56 Å². The zero-order valence-corrected chi connectivity index (χ0v) is 15.0. The van der Waals surface area contributed by atoms with Gasteiger partial charge in [-0.3, -0.25) is 4.57 Å². The maximum atomic E-state index is 12.1. The predicted molar refractivity (Wildman–Crippen MR) is 98.3 cm³/mol. The van der Waals surface area contributed by atoms with Crippen LogP contribution in [0.15, 0.2) is 52.0 Å². The molecule has 3 aromatic rings. The fraction of sp³-hybridized carbons (Fsp3) is 0.118. The molecule has 3 rings (SSSR count). The predicted octanol–water partition coefficient (Wildman–Crippen LogP) is 4.15. The number of rotatable bonds is 2. The zero-order valence-electron chi connectivity index (χ0n) is 12.7. The van der Waals surface area contributed by atoms with Crippen LogP contribution in [-0.2, 0) is 7.05 Å². The van der Waals surface area contributed by atoms with E-state index in [0.717, 1.165) is 21.2 Å². The molecule has 1 heterocycles. The van der Waals surface area contributed by atoms with Crippen molar-refractivity contribution in [3.63, 3.8) is 0 Å². The lowest BCUT2D eigenvalue weighted by Crippen LogP contribution is -2.20. The molecule has 0 aliphatic carbocycles. The van der Waals surface area contributed by atoms with Gasteiger partial charge in [-0.05, 0) is 58.2 Å². The fourth-order valence-corrected chi connectivity index (χ4v) is 3.36. The van der Waals surface area contributed by atoms with Gasteiger partial charge in [-0.1, -0.05) is 17.7 Å². The Morgan fingerprint density at radius 2 is 1.91 bits per heavy atom. The van der Waals surface area contributed by atoms with Crippen molar-refractivity contribution in [3.8, 4) is 16.8 Å². The molecule has 0 radical (unpaired) electrons. The molecule has 23 heavy (non-hydrogen) atoms. The number of aryl methyl sites for hydroxylation is 2. The minimum atomic E-state index is -0.141. The van der Waals surface area contributed by atoms with Crippen molar-refractivity contribution in [2.75, 3.05) is 5.73 Å². The summed E-state index contributed by atoms with van der Waals surface area (Å²) in [5, 5.41) is 0.493. The van der Waals surface area contributed by atoms with Crippen molar-refractivity contribution in [2.24, 2.45) is 7.05 Å². The molecule has 6 heteroatoms. The van der Waals surface area contributed by atoms with E-state index in [0.29, 0.717) is 16.4 Å². The highest BCUT2D eigenvalue weighted by Gasteiger charge is 2.12. The van der Waals surface area contributed by atoms with Crippen molar-refractivity contribution in [3.05, 3.63) is 68.3 Å². The number of benzene rings is 2. The van der Waals surface area contributed by atoms with Crippen LogP contribution in [0.2, 0.25) is 5.02 Å². The summed E-state index contributed by atoms with van der Waals surface area (Å²) in [6.45, 7) is 2.01. The van der Waals surface area contributed by atoms with Gasteiger partial charge in [0.1, 0.15) is 0 Å². The molecule has 0 saturated carbocycles. The molecule has 0 aliphatic heterocycles. The van der Waals surface area contributed by atoms with E-state index >= 15 is 0 Å². The van der Waals surface area contributed by atoms with Crippen LogP contribution in [0.5, 0.6) is 0 Å². The third-order valence-corrected chi connectivity index (χ3v) is 4.70. The van der Waals surface area contributed by atoms with Crippen LogP contribution in [0.25, 0.3) is 16.8 Å². The molecule has 0 aliphatic rings. The molecule has 0 amide bonds. The Kier molecular flexibility index (Phi) is 4.08. The minimum Gasteiger partial charge on any atom is -0.397 e. The highest BCUT2D eigenvalue weighted by atomic mass is 79.9. The van der Waals surface area contributed by atoms with Gasteiger partial charge in [0.15, 0.2) is 0 Å². The fourth-order valence-electron chi connectivity index (χ4n) is 2.51. The number of nitrogen functional groups attached to an aromatic ring is 1. The van der Waals surface area contributed by atoms with Gasteiger partial charge >= 0.3 is 5.69 Å². The van der Waals surface area contributed by atoms with Gasteiger partial charge in [0.05, 0.1) is 16.4 Å². The summed E-state index contributed by atoms with van der Waals surface area (Å²) in [6, 6.07) is 9.55. The largest absolute Gasteiger partial charge is 0.397 e. The monoisotopic (exact) mass is 391 g/mol. The summed E-state index contributed by atoms with van der Waals surface area (Å²) in [4.78, 5) is 12.1. The number of nitrogens with two attached hydrogens (primary N) is 1. The lowest BCUT2D eigenvalue weighted by atomic mass is 10.0. The summed E-state index contributed by atoms with van der Waals surface area (Å²) in [5.41, 5.74) is 10.2. The number of hydrogen-bond donors (Lipinski definition) is 1. The SMILES string of the molecule is Cc1cc(Br)c(N)c(-c2ccc(-n3ccn(C)c3=O)c(Cl)c2)c1. The lowest BCUT2D eigenvalue weighted by Gasteiger charge is -2.12. The van der Waals surface area contributed by atoms with E-state index in [4.69, 9.17) is 17.3 Å². The van der Waals surface area contributed by atoms with Crippen LogP contribution in [0.3, 0.4) is 0 Å². The molecular formula is C17H15BrClN3O. The summed E-state index contributed by atoms with van der Waals surface area (Å²) in [5.74, 6) is 0. The quantitative estimate of drug-likeness (QED) is 0.666. The smallest absolute Gasteiger partial charge is 0.332 e. The van der Waals surface area contributed by atoms with Gasteiger partial charge in [-0.2, -0.15) is 0 Å². The first-order valence-electron chi connectivity index (χ1n) is 6.98. The number of aromatic nitrogens is 2. The maximum Gasteiger partial charge on any atom is 0.332 e. The van der Waals surface area contributed by atoms with Crippen LogP contribution < -0.4 is 11.4 Å². The Morgan fingerprint density at radius 1 is 1.17 bits per heavy atom. The van der Waals surface area contributed by atoms with E-state index in [2.05, 4.69) is 15.9 Å². The molecular weight excluding hydrogens is 378 g/mol. The van der Waals surface area contributed by atoms with Crippen LogP contribution >= 0.6 is 27.5 Å². The number of anilines is 1. The van der Waals surface area contributed by atoms with Crippen molar-refractivity contribution in [1.29, 1.82) is 0 Å². The van der Waals surface area contributed by atoms with Crippen molar-refractivity contribution >= 4 is 33.2 Å². The van der Waals surface area contributed by atoms with Crippen molar-refractivity contribution in [1.82, 2.24) is 9.13 Å². The Morgan fingerprint density at radius 3 is 2.52 bits per heavy atom. The Hall–Kier alpha value is -1.98. The van der Waals surface area contributed by atoms with E-state index in [-0.39, 0.29) is 5.69 Å². The molecule has 0 atom stereocenters. The van der Waals surface area contributed by atoms with Crippen molar-refractivity contribution < 1.29 is 0 Å². The Labute approximate surface area is 147 Å². The van der Waals surface area contributed by atoms with E-state index in [1.54, 1.807) is 19.4 Å². The van der Waals surface area contributed by atoms with Crippen LogP contribution in [-0.4, -0.2) is 9.13 Å². The van der Waals surface area contributed by atoms with E-state index in [9.17, 15) is 4.79 Å². The molecule has 0 saturated heterocycles. The van der Waals surface area contributed by atoms with Crippen LogP contribution in [0, 0.1) is 6.92 Å². The maximum absolute atomic E-state index is 12.1. The highest BCUT2D eigenvalue weighted by Crippen LogP contribution is 2.35. The van der Waals surface area contributed by atoms with E-state index in [1.165, 1.54) is 9.13 Å². The number of imidazole rings is 1. The molecule has 0 bridgehead atoms. The number of nitrogens with zero attached hydrogens (tertiary/aromatic N) is 2. The summed E-state index contributed by atoms with van der Waals surface area (Å²) >= 11 is 9.88. The standard InChI is InChI=1S/C17H15BrClN3O/c1-10-7-12(16(20)13(18)8-10)11-3-4-15(14(19)9-11)22-6-5-21(2)17(22)23/h3-9H,20H2,1-2H3. The van der Waals surface area contributed by atoms with E-state index in [1.807, 2.05) is 37.3 Å². The molecule has 0 fully saturated rings. The molecule has 4 nitrogen and oxygen atoms in total. The molecule has 2 aromatic carbocycles. The second-order valence-corrected chi connectivity index (χ2v) is 6.70. The van der Waals surface area contributed by atoms with Crippen LogP contribution in [0.4, 0.5) is 5.69 Å². The van der Waals surface area contributed by atoms with Gasteiger partial charge in [-0.15, -0.1) is 0 Å². The molecule has 2 N–H and O–H groups in total. The van der Waals surface area contributed by atoms with Gasteiger partial charge < -0.3 is 10.3 Å². The molecule has 0 spiro atoms. The Balaban J connectivity index is 2.14. The third kappa shape index (κ3) is 2.82. The second-order valence-electron chi connectivity index (χ2n) is 5.44. The third-order valence-electron chi connectivity index (χ3n) is 3.74.